The summed E-state index contributed by atoms with van der Waals surface area (Å²) >= 11 is 0. The van der Waals surface area contributed by atoms with Crippen molar-refractivity contribution in [2.75, 3.05) is 93.2 Å². The minimum Gasteiger partial charge on any atom is -0.342 e. The van der Waals surface area contributed by atoms with Gasteiger partial charge in [-0.3, -0.25) is 29.7 Å². The molecule has 12 heteroatoms. The average molecular weight is 493 g/mol. The van der Waals surface area contributed by atoms with Gasteiger partial charge in [0.15, 0.2) is 0 Å². The molecule has 36 heavy (non-hydrogen) atoms. The van der Waals surface area contributed by atoms with Crippen LogP contribution in [0.4, 0.5) is 17.8 Å². The predicted molar refractivity (Wildman–Crippen MR) is 141 cm³/mol. The molecule has 3 fully saturated rings. The number of aliphatic imine (C=N–C) groups is 3. The summed E-state index contributed by atoms with van der Waals surface area (Å²) in [5, 5.41) is 0. The highest BCUT2D eigenvalue weighted by atomic mass is 15.5. The smallest absolute Gasteiger partial charge is 0.238 e. The zero-order chi connectivity index (χ0) is 23.9. The monoisotopic (exact) mass is 492 g/mol. The summed E-state index contributed by atoms with van der Waals surface area (Å²) in [5.41, 5.74) is 0. The Morgan fingerprint density at radius 2 is 0.667 bits per heavy atom. The van der Waals surface area contributed by atoms with Crippen LogP contribution in [0.25, 0.3) is 0 Å². The Kier molecular flexibility index (Phi) is 5.73. The molecule has 1 aromatic rings. The first-order valence-corrected chi connectivity index (χ1v) is 13.8. The Labute approximate surface area is 212 Å². The Morgan fingerprint density at radius 3 is 1.00 bits per heavy atom. The van der Waals surface area contributed by atoms with Gasteiger partial charge in [-0.25, -0.2) is 0 Å². The number of guanidine groups is 3. The molecular formula is C24H36N12. The molecule has 7 rings (SSSR count). The minimum atomic E-state index is 0.697. The van der Waals surface area contributed by atoms with Gasteiger partial charge in [0.05, 0.1) is 0 Å². The van der Waals surface area contributed by atoms with E-state index in [9.17, 15) is 0 Å². The molecule has 0 aromatic carbocycles. The minimum absolute atomic E-state index is 0.697. The molecule has 0 amide bonds. The maximum atomic E-state index is 5.10. The first-order valence-electron chi connectivity index (χ1n) is 13.8. The van der Waals surface area contributed by atoms with E-state index in [1.165, 1.54) is 0 Å². The second kappa shape index (κ2) is 9.36. The number of nitrogens with zero attached hydrogens (tertiary/aromatic N) is 12. The van der Waals surface area contributed by atoms with Crippen LogP contribution in [0.3, 0.4) is 0 Å². The van der Waals surface area contributed by atoms with Gasteiger partial charge < -0.3 is 14.7 Å². The molecule has 0 unspecified atom stereocenters. The first-order chi connectivity index (χ1) is 17.8. The maximum absolute atomic E-state index is 5.10. The molecule has 1 aromatic heterocycles. The van der Waals surface area contributed by atoms with E-state index in [0.29, 0.717) is 17.8 Å². The summed E-state index contributed by atoms with van der Waals surface area (Å²) < 4.78 is 0. The molecule has 0 bridgehead atoms. The summed E-state index contributed by atoms with van der Waals surface area (Å²) in [6.07, 6.45) is 6.55. The van der Waals surface area contributed by atoms with E-state index in [1.54, 1.807) is 0 Å². The van der Waals surface area contributed by atoms with Crippen LogP contribution in [0, 0.1) is 0 Å². The molecule has 0 radical (unpaired) electrons. The van der Waals surface area contributed by atoms with Gasteiger partial charge in [-0.1, -0.05) is 0 Å². The fourth-order valence-corrected chi connectivity index (χ4v) is 6.16. The number of aromatic nitrogens is 3. The third kappa shape index (κ3) is 3.90. The van der Waals surface area contributed by atoms with Crippen LogP contribution >= 0.6 is 0 Å². The van der Waals surface area contributed by atoms with E-state index in [2.05, 4.69) is 29.4 Å². The topological polar surface area (TPSA) is 95.2 Å². The highest BCUT2D eigenvalue weighted by Gasteiger charge is 2.35. The largest absolute Gasteiger partial charge is 0.342 e. The second-order valence-corrected chi connectivity index (χ2v) is 10.3. The molecule has 6 aliphatic heterocycles. The van der Waals surface area contributed by atoms with Crippen molar-refractivity contribution in [3.63, 3.8) is 0 Å². The maximum Gasteiger partial charge on any atom is 0.238 e. The van der Waals surface area contributed by atoms with Crippen LogP contribution in [0.15, 0.2) is 15.0 Å². The summed E-state index contributed by atoms with van der Waals surface area (Å²) in [5.74, 6) is 5.13. The Hall–Kier alpha value is -3.18. The van der Waals surface area contributed by atoms with Gasteiger partial charge in [0.1, 0.15) is 0 Å². The zero-order valence-corrected chi connectivity index (χ0v) is 21.1. The lowest BCUT2D eigenvalue weighted by atomic mass is 10.2. The third-order valence-corrected chi connectivity index (χ3v) is 7.84. The van der Waals surface area contributed by atoms with Gasteiger partial charge in [-0.2, -0.15) is 15.0 Å². The van der Waals surface area contributed by atoms with Gasteiger partial charge in [0.25, 0.3) is 0 Å². The predicted octanol–water partition coefficient (Wildman–Crippen LogP) is 0.687. The molecule has 0 spiro atoms. The van der Waals surface area contributed by atoms with Crippen molar-refractivity contribution in [1.29, 1.82) is 0 Å². The Balaban J connectivity index is 1.32. The van der Waals surface area contributed by atoms with Crippen LogP contribution in [0.1, 0.15) is 38.5 Å². The van der Waals surface area contributed by atoms with E-state index in [0.717, 1.165) is 135 Å². The third-order valence-electron chi connectivity index (χ3n) is 7.84. The van der Waals surface area contributed by atoms with Gasteiger partial charge in [-0.15, -0.1) is 0 Å². The quantitative estimate of drug-likeness (QED) is 0.604. The van der Waals surface area contributed by atoms with Crippen molar-refractivity contribution < 1.29 is 0 Å². The van der Waals surface area contributed by atoms with Crippen molar-refractivity contribution >= 4 is 35.7 Å². The normalized spacial score (nSPS) is 24.5. The Bertz CT molecular complexity index is 937. The molecule has 3 saturated heterocycles. The van der Waals surface area contributed by atoms with Gasteiger partial charge in [0.2, 0.25) is 35.7 Å². The van der Waals surface area contributed by atoms with Crippen LogP contribution in [-0.4, -0.2) is 126 Å². The van der Waals surface area contributed by atoms with E-state index in [4.69, 9.17) is 29.9 Å². The van der Waals surface area contributed by atoms with Gasteiger partial charge >= 0.3 is 0 Å². The number of rotatable bonds is 3. The fourth-order valence-electron chi connectivity index (χ4n) is 6.16. The number of anilines is 3. The molecule has 12 nitrogen and oxygen atoms in total. The van der Waals surface area contributed by atoms with Crippen molar-refractivity contribution in [1.82, 2.24) is 29.7 Å². The lowest BCUT2D eigenvalue weighted by Gasteiger charge is -2.42. The second-order valence-electron chi connectivity index (χ2n) is 10.3. The summed E-state index contributed by atoms with van der Waals surface area (Å²) in [7, 11) is 0. The molecule has 0 N–H and O–H groups in total. The van der Waals surface area contributed by atoms with Crippen molar-refractivity contribution in [3.05, 3.63) is 0 Å². The molecule has 0 atom stereocenters. The van der Waals surface area contributed by atoms with Crippen molar-refractivity contribution in [3.8, 4) is 0 Å². The van der Waals surface area contributed by atoms with Crippen molar-refractivity contribution in [2.24, 2.45) is 15.0 Å². The summed E-state index contributed by atoms with van der Waals surface area (Å²) in [6.45, 7) is 11.5. The van der Waals surface area contributed by atoms with Gasteiger partial charge in [-0.05, 0) is 38.5 Å². The van der Waals surface area contributed by atoms with Gasteiger partial charge in [0, 0.05) is 78.5 Å². The van der Waals surface area contributed by atoms with Crippen LogP contribution in [-0.2, 0) is 0 Å². The van der Waals surface area contributed by atoms with E-state index in [1.807, 2.05) is 0 Å². The first kappa shape index (κ1) is 22.1. The molecule has 6 aliphatic rings. The standard InChI is InChI=1S/C24H36N12/c1-7-25-22-31(10-1)13-4-16-34(22)19-28-20(35-17-5-14-32-11-2-8-26-23(32)35)30-21(29-19)36-18-6-15-33-12-3-9-27-24(33)36/h1-18H2. The number of fused-ring (bicyclic) bond motifs is 3. The average Bonchev–Trinajstić information content (AvgIpc) is 2.96. The number of hydrogen-bond acceptors (Lipinski definition) is 12. The van der Waals surface area contributed by atoms with Crippen LogP contribution in [0.5, 0.6) is 0 Å². The highest BCUT2D eigenvalue weighted by Crippen LogP contribution is 2.28. The lowest BCUT2D eigenvalue weighted by Crippen LogP contribution is -2.55. The lowest BCUT2D eigenvalue weighted by molar-refractivity contribution is 0.356. The Morgan fingerprint density at radius 1 is 0.361 bits per heavy atom. The molecule has 192 valence electrons. The SMILES string of the molecule is C1CN=C2N(C1)CCCN2c1nc(N2CCCN3CCCN=C32)nc(N2CCCN3CCCN=C32)n1. The molecule has 0 aliphatic carbocycles. The fraction of sp³-hybridized carbons (Fsp3) is 0.750. The van der Waals surface area contributed by atoms with Crippen molar-refractivity contribution in [2.45, 2.75) is 38.5 Å². The molecular weight excluding hydrogens is 456 g/mol. The molecule has 0 saturated carbocycles. The zero-order valence-electron chi connectivity index (χ0n) is 21.1. The van der Waals surface area contributed by atoms with Crippen LogP contribution in [0.2, 0.25) is 0 Å². The van der Waals surface area contributed by atoms with E-state index in [-0.39, 0.29) is 0 Å². The molecule has 7 heterocycles. The van der Waals surface area contributed by atoms with E-state index >= 15 is 0 Å². The summed E-state index contributed by atoms with van der Waals surface area (Å²) in [4.78, 5) is 43.8. The van der Waals surface area contributed by atoms with Crippen LogP contribution < -0.4 is 14.7 Å². The summed E-state index contributed by atoms with van der Waals surface area (Å²) in [6, 6.07) is 0. The number of hydrogen-bond donors (Lipinski definition) is 0. The highest BCUT2D eigenvalue weighted by molar-refractivity contribution is 5.99. The van der Waals surface area contributed by atoms with E-state index < -0.39 is 0 Å².